The molecule has 0 aromatic heterocycles. The monoisotopic (exact) mass is 502 g/mol. The van der Waals surface area contributed by atoms with Crippen LogP contribution >= 0.6 is 0 Å². The molecule has 0 saturated carbocycles. The summed E-state index contributed by atoms with van der Waals surface area (Å²) in [5, 5.41) is 11.4. The average molecular weight is 503 g/mol. The highest BCUT2D eigenvalue weighted by molar-refractivity contribution is 5.91. The minimum atomic E-state index is -2.09. The predicted octanol–water partition coefficient (Wildman–Crippen LogP) is 3.96. The van der Waals surface area contributed by atoms with Gasteiger partial charge in [0, 0.05) is 6.42 Å². The zero-order valence-electron chi connectivity index (χ0n) is 19.9. The fraction of sp³-hybridized carbons (Fsp3) is 0.207. The molecular formula is C29H26O8. The van der Waals surface area contributed by atoms with Crippen molar-refractivity contribution < 1.29 is 38.4 Å². The maximum atomic E-state index is 12.9. The van der Waals surface area contributed by atoms with Gasteiger partial charge in [0.15, 0.2) is 12.2 Å². The number of rotatable bonds is 9. The molecule has 3 aromatic rings. The van der Waals surface area contributed by atoms with Crippen LogP contribution in [0.4, 0.5) is 0 Å². The first-order valence-electron chi connectivity index (χ1n) is 11.7. The molecule has 1 fully saturated rings. The Morgan fingerprint density at radius 2 is 1.24 bits per heavy atom. The van der Waals surface area contributed by atoms with Crippen LogP contribution < -0.4 is 0 Å². The summed E-state index contributed by atoms with van der Waals surface area (Å²) in [5.41, 5.74) is 0.789. The van der Waals surface area contributed by atoms with E-state index >= 15 is 0 Å². The molecule has 0 unspecified atom stereocenters. The van der Waals surface area contributed by atoms with Crippen LogP contribution in [0.2, 0.25) is 0 Å². The van der Waals surface area contributed by atoms with Crippen LogP contribution in [-0.2, 0) is 18.9 Å². The van der Waals surface area contributed by atoms with E-state index < -0.39 is 42.0 Å². The summed E-state index contributed by atoms with van der Waals surface area (Å²) in [6.45, 7) is 3.26. The molecule has 0 radical (unpaired) electrons. The Morgan fingerprint density at radius 3 is 1.73 bits per heavy atom. The van der Waals surface area contributed by atoms with Gasteiger partial charge in [-0.1, -0.05) is 60.7 Å². The van der Waals surface area contributed by atoms with Gasteiger partial charge in [-0.25, -0.2) is 14.4 Å². The van der Waals surface area contributed by atoms with E-state index in [-0.39, 0.29) is 24.2 Å². The Bertz CT molecular complexity index is 1230. The summed E-state index contributed by atoms with van der Waals surface area (Å²) >= 11 is 0. The third kappa shape index (κ3) is 6.11. The third-order valence-corrected chi connectivity index (χ3v) is 5.79. The summed E-state index contributed by atoms with van der Waals surface area (Å²) in [6, 6.07) is 24.7. The van der Waals surface area contributed by atoms with Gasteiger partial charge in [-0.05, 0) is 36.4 Å². The van der Waals surface area contributed by atoms with E-state index in [2.05, 4.69) is 6.58 Å². The van der Waals surface area contributed by atoms with Crippen molar-refractivity contribution >= 4 is 17.9 Å². The predicted molar refractivity (Wildman–Crippen MR) is 133 cm³/mol. The summed E-state index contributed by atoms with van der Waals surface area (Å²) in [7, 11) is 0. The molecule has 1 aliphatic heterocycles. The number of carbonyl (C=O) groups is 3. The molecule has 0 aliphatic carbocycles. The van der Waals surface area contributed by atoms with Crippen LogP contribution in [0.5, 0.6) is 0 Å². The summed E-state index contributed by atoms with van der Waals surface area (Å²) in [6.07, 6.45) is -2.64. The smallest absolute Gasteiger partial charge is 0.338 e. The molecule has 0 bridgehead atoms. The molecule has 0 amide bonds. The van der Waals surface area contributed by atoms with Crippen LogP contribution in [0, 0.1) is 0 Å². The van der Waals surface area contributed by atoms with Crippen molar-refractivity contribution in [2.75, 3.05) is 6.61 Å². The molecule has 1 saturated heterocycles. The van der Waals surface area contributed by atoms with Crippen molar-refractivity contribution in [3.63, 3.8) is 0 Å². The van der Waals surface area contributed by atoms with Gasteiger partial charge in [0.2, 0.25) is 5.79 Å². The number of hydrogen-bond acceptors (Lipinski definition) is 8. The molecule has 190 valence electrons. The maximum absolute atomic E-state index is 12.9. The topological polar surface area (TPSA) is 108 Å². The highest BCUT2D eigenvalue weighted by Gasteiger charge is 2.58. The minimum absolute atomic E-state index is 0.151. The average Bonchev–Trinajstić information content (AvgIpc) is 3.18. The van der Waals surface area contributed by atoms with Crippen LogP contribution in [0.15, 0.2) is 104 Å². The number of benzene rings is 3. The van der Waals surface area contributed by atoms with Gasteiger partial charge in [0.25, 0.3) is 0 Å². The number of ether oxygens (including phenoxy) is 4. The molecule has 4 rings (SSSR count). The second-order valence-corrected chi connectivity index (χ2v) is 8.39. The van der Waals surface area contributed by atoms with Crippen molar-refractivity contribution in [1.29, 1.82) is 0 Å². The molecule has 4 atom stereocenters. The first kappa shape index (κ1) is 25.8. The van der Waals surface area contributed by atoms with Crippen molar-refractivity contribution in [2.45, 2.75) is 30.5 Å². The van der Waals surface area contributed by atoms with Gasteiger partial charge in [-0.15, -0.1) is 6.58 Å². The summed E-state index contributed by atoms with van der Waals surface area (Å²) in [4.78, 5) is 38.4. The van der Waals surface area contributed by atoms with Gasteiger partial charge < -0.3 is 24.1 Å². The molecular weight excluding hydrogens is 476 g/mol. The van der Waals surface area contributed by atoms with Crippen LogP contribution in [0.25, 0.3) is 0 Å². The summed E-state index contributed by atoms with van der Waals surface area (Å²) in [5.74, 6) is -4.19. The quantitative estimate of drug-likeness (QED) is 0.266. The van der Waals surface area contributed by atoms with E-state index in [4.69, 9.17) is 18.9 Å². The van der Waals surface area contributed by atoms with Crippen molar-refractivity contribution in [2.24, 2.45) is 0 Å². The van der Waals surface area contributed by atoms with Gasteiger partial charge in [-0.2, -0.15) is 0 Å². The van der Waals surface area contributed by atoms with Crippen LogP contribution in [0.1, 0.15) is 37.5 Å². The minimum Gasteiger partial charge on any atom is -0.459 e. The molecule has 8 nitrogen and oxygen atoms in total. The summed E-state index contributed by atoms with van der Waals surface area (Å²) < 4.78 is 22.6. The Hall–Kier alpha value is -4.27. The molecule has 3 aromatic carbocycles. The number of hydrogen-bond donors (Lipinski definition) is 1. The number of aliphatic hydroxyl groups is 1. The lowest BCUT2D eigenvalue weighted by atomic mass is 10.0. The van der Waals surface area contributed by atoms with E-state index in [1.54, 1.807) is 91.0 Å². The van der Waals surface area contributed by atoms with Gasteiger partial charge in [0.05, 0.1) is 16.7 Å². The first-order chi connectivity index (χ1) is 17.9. The van der Waals surface area contributed by atoms with Crippen molar-refractivity contribution in [3.8, 4) is 0 Å². The molecule has 1 aliphatic rings. The highest BCUT2D eigenvalue weighted by Crippen LogP contribution is 2.37. The Balaban J connectivity index is 1.61. The van der Waals surface area contributed by atoms with E-state index in [1.165, 1.54) is 6.08 Å². The first-order valence-corrected chi connectivity index (χ1v) is 11.7. The second-order valence-electron chi connectivity index (χ2n) is 8.39. The van der Waals surface area contributed by atoms with Crippen molar-refractivity contribution in [3.05, 3.63) is 120 Å². The SMILES string of the molecule is C=CC[C@]1(O)O[C@H](COC(=O)c2ccccc2)[C@@H](OC(=O)c2ccccc2)[C@H]1OC(=O)c1ccccc1. The fourth-order valence-corrected chi connectivity index (χ4v) is 3.98. The van der Waals surface area contributed by atoms with Crippen LogP contribution in [-0.4, -0.2) is 53.7 Å². The second kappa shape index (κ2) is 11.6. The standard InChI is InChI=1S/C29H26O8/c1-2-18-29(33)25(36-28(32)22-16-10-5-11-17-22)24(35-27(31)21-14-8-4-9-15-21)23(37-29)19-34-26(30)20-12-6-3-7-13-20/h2-17,23-25,33H,1,18-19H2/t23-,24-,25-,29+/m1/s1. The van der Waals surface area contributed by atoms with E-state index in [9.17, 15) is 19.5 Å². The Morgan fingerprint density at radius 1 is 0.784 bits per heavy atom. The molecule has 1 N–H and O–H groups in total. The number of esters is 3. The Labute approximate surface area is 214 Å². The lowest BCUT2D eigenvalue weighted by molar-refractivity contribution is -0.227. The normalized spacial score (nSPS) is 22.6. The molecule has 0 spiro atoms. The maximum Gasteiger partial charge on any atom is 0.338 e. The lowest BCUT2D eigenvalue weighted by Crippen LogP contribution is -2.47. The van der Waals surface area contributed by atoms with Crippen LogP contribution in [0.3, 0.4) is 0 Å². The largest absolute Gasteiger partial charge is 0.459 e. The van der Waals surface area contributed by atoms with E-state index in [0.717, 1.165) is 0 Å². The highest BCUT2D eigenvalue weighted by atomic mass is 16.7. The van der Waals surface area contributed by atoms with Gasteiger partial charge >= 0.3 is 17.9 Å². The molecule has 37 heavy (non-hydrogen) atoms. The lowest BCUT2D eigenvalue weighted by Gasteiger charge is -2.29. The van der Waals surface area contributed by atoms with Gasteiger partial charge in [-0.3, -0.25) is 0 Å². The fourth-order valence-electron chi connectivity index (χ4n) is 3.98. The number of carbonyl (C=O) groups excluding carboxylic acids is 3. The Kier molecular flexibility index (Phi) is 8.12. The third-order valence-electron chi connectivity index (χ3n) is 5.79. The zero-order chi connectivity index (χ0) is 26.3. The molecule has 1 heterocycles. The molecule has 8 heteroatoms. The van der Waals surface area contributed by atoms with E-state index in [1.807, 2.05) is 0 Å². The van der Waals surface area contributed by atoms with Crippen molar-refractivity contribution in [1.82, 2.24) is 0 Å². The van der Waals surface area contributed by atoms with E-state index in [0.29, 0.717) is 5.56 Å². The zero-order valence-corrected chi connectivity index (χ0v) is 19.9. The van der Waals surface area contributed by atoms with Gasteiger partial charge in [0.1, 0.15) is 12.7 Å².